The zero-order valence-electron chi connectivity index (χ0n) is 22.4. The number of anilines is 1. The number of rotatable bonds is 12. The molecular formula is C29H25F5N4O4S. The predicted molar refractivity (Wildman–Crippen MR) is 149 cm³/mol. The maximum absolute atomic E-state index is 14.5. The molecule has 0 saturated heterocycles. The second-order valence-electron chi connectivity index (χ2n) is 9.13. The third-order valence-electron chi connectivity index (χ3n) is 6.27. The number of hydrogen-bond acceptors (Lipinski definition) is 6. The Morgan fingerprint density at radius 2 is 1.47 bits per heavy atom. The maximum Gasteiger partial charge on any atom is 0.247 e. The molecule has 0 fully saturated rings. The summed E-state index contributed by atoms with van der Waals surface area (Å²) in [7, 11) is -3.99. The van der Waals surface area contributed by atoms with Gasteiger partial charge in [0.2, 0.25) is 15.8 Å². The first-order valence-corrected chi connectivity index (χ1v) is 14.0. The summed E-state index contributed by atoms with van der Waals surface area (Å²) in [6.07, 6.45) is 0. The molecule has 0 aliphatic heterocycles. The summed E-state index contributed by atoms with van der Waals surface area (Å²) in [6.45, 7) is -0.0773. The van der Waals surface area contributed by atoms with E-state index in [0.717, 1.165) is 5.56 Å². The SMILES string of the molecule is COc1cc(C(CNc2ccc(C(=N)N)cc2)NS(=O)(=O)c2c(F)c(F)c(F)c(F)c2F)ccc1OCc1ccccc1. The minimum atomic E-state index is -5.33. The van der Waals surface area contributed by atoms with Gasteiger partial charge in [-0.1, -0.05) is 36.4 Å². The number of benzene rings is 4. The van der Waals surface area contributed by atoms with E-state index in [1.165, 1.54) is 37.4 Å². The van der Waals surface area contributed by atoms with Gasteiger partial charge in [0.05, 0.1) is 13.2 Å². The summed E-state index contributed by atoms with van der Waals surface area (Å²) in [5, 5.41) is 10.4. The molecule has 1 unspecified atom stereocenters. The number of halogens is 5. The fourth-order valence-electron chi connectivity index (χ4n) is 4.04. The predicted octanol–water partition coefficient (Wildman–Crippen LogP) is 5.39. The number of amidine groups is 1. The lowest BCUT2D eigenvalue weighted by Gasteiger charge is -2.22. The van der Waals surface area contributed by atoms with E-state index in [1.54, 1.807) is 12.1 Å². The molecule has 0 saturated carbocycles. The van der Waals surface area contributed by atoms with Gasteiger partial charge in [-0.25, -0.2) is 35.1 Å². The van der Waals surface area contributed by atoms with Crippen molar-refractivity contribution in [3.63, 3.8) is 0 Å². The van der Waals surface area contributed by atoms with Gasteiger partial charge in [0.25, 0.3) is 0 Å². The zero-order chi connectivity index (χ0) is 31.3. The third kappa shape index (κ3) is 7.04. The minimum absolute atomic E-state index is 0.179. The quantitative estimate of drug-likeness (QED) is 0.0554. The molecule has 0 radical (unpaired) electrons. The summed E-state index contributed by atoms with van der Waals surface area (Å²) in [5.74, 6) is -12.0. The molecule has 0 spiro atoms. The van der Waals surface area contributed by atoms with Crippen LogP contribution in [0, 0.1) is 34.5 Å². The Bertz CT molecular complexity index is 1710. The summed E-state index contributed by atoms with van der Waals surface area (Å²) < 4.78 is 110. The van der Waals surface area contributed by atoms with Gasteiger partial charge in [0, 0.05) is 17.8 Å². The fourth-order valence-corrected chi connectivity index (χ4v) is 5.40. The van der Waals surface area contributed by atoms with Crippen LogP contribution in [-0.4, -0.2) is 27.9 Å². The van der Waals surface area contributed by atoms with Crippen LogP contribution in [0.2, 0.25) is 0 Å². The van der Waals surface area contributed by atoms with Gasteiger partial charge in [-0.15, -0.1) is 0 Å². The molecule has 5 N–H and O–H groups in total. The Hall–Kier alpha value is -4.69. The van der Waals surface area contributed by atoms with E-state index in [0.29, 0.717) is 17.0 Å². The van der Waals surface area contributed by atoms with Crippen LogP contribution in [0.4, 0.5) is 27.6 Å². The van der Waals surface area contributed by atoms with Gasteiger partial charge in [-0.3, -0.25) is 5.41 Å². The average molecular weight is 621 g/mol. The lowest BCUT2D eigenvalue weighted by atomic mass is 10.1. The number of methoxy groups -OCH3 is 1. The topological polar surface area (TPSA) is 127 Å². The molecule has 0 aliphatic carbocycles. The van der Waals surface area contributed by atoms with Gasteiger partial charge < -0.3 is 20.5 Å². The van der Waals surface area contributed by atoms with Crippen molar-refractivity contribution >= 4 is 21.5 Å². The van der Waals surface area contributed by atoms with Crippen LogP contribution in [0.3, 0.4) is 0 Å². The number of hydrogen-bond donors (Lipinski definition) is 4. The Balaban J connectivity index is 1.69. The Kier molecular flexibility index (Phi) is 9.51. The fraction of sp³-hybridized carbons (Fsp3) is 0.138. The first-order valence-electron chi connectivity index (χ1n) is 12.5. The van der Waals surface area contributed by atoms with Crippen molar-refractivity contribution in [2.24, 2.45) is 5.73 Å². The second kappa shape index (κ2) is 13.1. The maximum atomic E-state index is 14.5. The van der Waals surface area contributed by atoms with Gasteiger partial charge in [0.1, 0.15) is 12.4 Å². The molecule has 4 aromatic rings. The molecule has 0 bridgehead atoms. The molecule has 14 heteroatoms. The van der Waals surface area contributed by atoms with Gasteiger partial charge >= 0.3 is 0 Å². The van der Waals surface area contributed by atoms with E-state index < -0.39 is 50.0 Å². The smallest absolute Gasteiger partial charge is 0.247 e. The number of sulfonamides is 1. The van der Waals surface area contributed by atoms with Crippen molar-refractivity contribution < 1.29 is 39.8 Å². The highest BCUT2D eigenvalue weighted by Crippen LogP contribution is 2.33. The molecular weight excluding hydrogens is 595 g/mol. The molecule has 0 aromatic heterocycles. The van der Waals surface area contributed by atoms with Crippen LogP contribution in [0.1, 0.15) is 22.7 Å². The number of nitrogen functional groups attached to an aromatic ring is 1. The highest BCUT2D eigenvalue weighted by molar-refractivity contribution is 7.89. The molecule has 43 heavy (non-hydrogen) atoms. The highest BCUT2D eigenvalue weighted by Gasteiger charge is 2.35. The third-order valence-corrected chi connectivity index (χ3v) is 7.76. The zero-order valence-corrected chi connectivity index (χ0v) is 23.2. The minimum Gasteiger partial charge on any atom is -0.493 e. The molecule has 4 aromatic carbocycles. The Morgan fingerprint density at radius 1 is 0.860 bits per heavy atom. The first-order chi connectivity index (χ1) is 20.4. The molecule has 1 atom stereocenters. The van der Waals surface area contributed by atoms with Crippen molar-refractivity contribution in [1.82, 2.24) is 4.72 Å². The van der Waals surface area contributed by atoms with Crippen molar-refractivity contribution in [2.45, 2.75) is 17.5 Å². The molecule has 0 heterocycles. The van der Waals surface area contributed by atoms with Gasteiger partial charge in [-0.05, 0) is 47.5 Å². The molecule has 0 amide bonds. The van der Waals surface area contributed by atoms with E-state index in [4.69, 9.17) is 20.6 Å². The Morgan fingerprint density at radius 3 is 2.05 bits per heavy atom. The highest BCUT2D eigenvalue weighted by atomic mass is 32.2. The molecule has 8 nitrogen and oxygen atoms in total. The van der Waals surface area contributed by atoms with Crippen LogP contribution in [-0.2, 0) is 16.6 Å². The summed E-state index contributed by atoms with van der Waals surface area (Å²) in [6, 6.07) is 18.4. The monoisotopic (exact) mass is 620 g/mol. The largest absolute Gasteiger partial charge is 0.493 e. The van der Waals surface area contributed by atoms with E-state index >= 15 is 0 Å². The van der Waals surface area contributed by atoms with E-state index in [9.17, 15) is 30.4 Å². The normalized spacial score (nSPS) is 12.0. The van der Waals surface area contributed by atoms with Crippen LogP contribution in [0.15, 0.2) is 77.7 Å². The van der Waals surface area contributed by atoms with Crippen molar-refractivity contribution in [3.8, 4) is 11.5 Å². The van der Waals surface area contributed by atoms with Gasteiger partial charge in [0.15, 0.2) is 39.7 Å². The van der Waals surface area contributed by atoms with Crippen molar-refractivity contribution in [3.05, 3.63) is 119 Å². The van der Waals surface area contributed by atoms with E-state index in [-0.39, 0.29) is 30.3 Å². The summed E-state index contributed by atoms with van der Waals surface area (Å²) >= 11 is 0. The van der Waals surface area contributed by atoms with Crippen molar-refractivity contribution in [2.75, 3.05) is 19.0 Å². The van der Waals surface area contributed by atoms with Gasteiger partial charge in [-0.2, -0.15) is 0 Å². The summed E-state index contributed by atoms with van der Waals surface area (Å²) in [4.78, 5) is -2.02. The standard InChI is InChI=1S/C29H25F5N4O4S/c1-41-22-13-18(9-12-21(22)42-15-16-5-3-2-4-6-16)20(14-37-19-10-7-17(8-11-19)29(35)36)38-43(39,40)28-26(33)24(31)23(30)25(32)27(28)34/h2-13,20,37-38H,14-15H2,1H3,(H3,35,36). The Labute approximate surface area is 243 Å². The van der Waals surface area contributed by atoms with E-state index in [2.05, 4.69) is 5.32 Å². The number of nitrogens with one attached hydrogen (secondary N) is 3. The van der Waals surface area contributed by atoms with Crippen LogP contribution in [0.5, 0.6) is 11.5 Å². The van der Waals surface area contributed by atoms with Crippen LogP contribution >= 0.6 is 0 Å². The first kappa shape index (κ1) is 31.3. The second-order valence-corrected chi connectivity index (χ2v) is 10.8. The van der Waals surface area contributed by atoms with Crippen LogP contribution in [0.25, 0.3) is 0 Å². The van der Waals surface area contributed by atoms with Crippen molar-refractivity contribution in [1.29, 1.82) is 5.41 Å². The number of nitrogens with two attached hydrogens (primary N) is 1. The lowest BCUT2D eigenvalue weighted by molar-refractivity contribution is 0.284. The summed E-state index contributed by atoms with van der Waals surface area (Å²) in [5.41, 5.74) is 7.39. The molecule has 226 valence electrons. The van der Waals surface area contributed by atoms with E-state index in [1.807, 2.05) is 35.1 Å². The molecule has 0 aliphatic rings. The van der Waals surface area contributed by atoms with Crippen LogP contribution < -0.4 is 25.2 Å². The lowest BCUT2D eigenvalue weighted by Crippen LogP contribution is -2.34. The molecule has 4 rings (SSSR count). The number of ether oxygens (including phenoxy) is 2. The average Bonchev–Trinajstić information content (AvgIpc) is 3.00.